The molecule has 0 fully saturated rings. The van der Waals surface area contributed by atoms with Crippen molar-refractivity contribution in [2.75, 3.05) is 13.2 Å². The van der Waals surface area contributed by atoms with Crippen molar-refractivity contribution in [2.24, 2.45) is 5.73 Å². The van der Waals surface area contributed by atoms with Gasteiger partial charge in [0.2, 0.25) is 0 Å². The van der Waals surface area contributed by atoms with Gasteiger partial charge in [0, 0.05) is 0 Å². The van der Waals surface area contributed by atoms with Crippen molar-refractivity contribution in [3.63, 3.8) is 0 Å². The number of thiophene rings is 1. The fourth-order valence-electron chi connectivity index (χ4n) is 1.90. The highest BCUT2D eigenvalue weighted by molar-refractivity contribution is 7.08. The van der Waals surface area contributed by atoms with Crippen molar-refractivity contribution in [1.29, 1.82) is 0 Å². The maximum absolute atomic E-state index is 6.20. The van der Waals surface area contributed by atoms with E-state index in [0.717, 1.165) is 22.6 Å². The molecule has 2 N–H and O–H groups in total. The fraction of sp³-hybridized carbons (Fsp3) is 0.231. The van der Waals surface area contributed by atoms with Gasteiger partial charge in [-0.1, -0.05) is 6.07 Å². The molecule has 1 aromatic carbocycles. The summed E-state index contributed by atoms with van der Waals surface area (Å²) in [7, 11) is 0. The summed E-state index contributed by atoms with van der Waals surface area (Å²) < 4.78 is 11.0. The Labute approximate surface area is 104 Å². The van der Waals surface area contributed by atoms with Crippen LogP contribution in [0.15, 0.2) is 35.0 Å². The lowest BCUT2D eigenvalue weighted by Gasteiger charge is -2.20. The lowest BCUT2D eigenvalue weighted by atomic mass is 10.0. The van der Waals surface area contributed by atoms with E-state index in [9.17, 15) is 0 Å². The number of ether oxygens (including phenoxy) is 2. The minimum Gasteiger partial charge on any atom is -0.486 e. The molecule has 1 atom stereocenters. The Kier molecular flexibility index (Phi) is 2.74. The van der Waals surface area contributed by atoms with Crippen molar-refractivity contribution < 1.29 is 9.47 Å². The molecule has 1 aromatic heterocycles. The van der Waals surface area contributed by atoms with Gasteiger partial charge in [-0.3, -0.25) is 0 Å². The second kappa shape index (κ2) is 4.39. The standard InChI is InChI=1S/C13H13NO2S/c14-13(10-3-6-17-8-10)9-1-2-11-12(7-9)16-5-4-15-11/h1-3,6-8,13H,4-5,14H2. The molecule has 0 radical (unpaired) electrons. The lowest BCUT2D eigenvalue weighted by Crippen LogP contribution is -2.17. The van der Waals surface area contributed by atoms with E-state index in [4.69, 9.17) is 15.2 Å². The first-order chi connectivity index (χ1) is 8.34. The van der Waals surface area contributed by atoms with E-state index in [-0.39, 0.29) is 6.04 Å². The van der Waals surface area contributed by atoms with E-state index in [0.29, 0.717) is 13.2 Å². The van der Waals surface area contributed by atoms with Gasteiger partial charge in [0.25, 0.3) is 0 Å². The van der Waals surface area contributed by atoms with Gasteiger partial charge in [0.15, 0.2) is 11.5 Å². The second-order valence-corrected chi connectivity index (χ2v) is 4.72. The zero-order chi connectivity index (χ0) is 11.7. The SMILES string of the molecule is NC(c1ccsc1)c1ccc2c(c1)OCCO2. The van der Waals surface area contributed by atoms with Gasteiger partial charge in [-0.15, -0.1) is 0 Å². The average molecular weight is 247 g/mol. The van der Waals surface area contributed by atoms with Crippen molar-refractivity contribution >= 4 is 11.3 Å². The molecule has 0 saturated carbocycles. The zero-order valence-electron chi connectivity index (χ0n) is 9.26. The van der Waals surface area contributed by atoms with Crippen molar-refractivity contribution in [2.45, 2.75) is 6.04 Å². The molecule has 0 aliphatic carbocycles. The third-order valence-electron chi connectivity index (χ3n) is 2.83. The van der Waals surface area contributed by atoms with Crippen LogP contribution in [-0.4, -0.2) is 13.2 Å². The summed E-state index contributed by atoms with van der Waals surface area (Å²) in [6, 6.07) is 7.84. The van der Waals surface area contributed by atoms with Gasteiger partial charge < -0.3 is 15.2 Å². The van der Waals surface area contributed by atoms with Gasteiger partial charge in [-0.05, 0) is 40.1 Å². The quantitative estimate of drug-likeness (QED) is 0.887. The van der Waals surface area contributed by atoms with Crippen LogP contribution >= 0.6 is 11.3 Å². The molecule has 3 rings (SSSR count). The number of fused-ring (bicyclic) bond motifs is 1. The van der Waals surface area contributed by atoms with E-state index in [2.05, 4.69) is 5.38 Å². The molecule has 88 valence electrons. The maximum atomic E-state index is 6.20. The Morgan fingerprint density at radius 3 is 2.65 bits per heavy atom. The van der Waals surface area contributed by atoms with E-state index in [1.54, 1.807) is 11.3 Å². The predicted molar refractivity (Wildman–Crippen MR) is 67.8 cm³/mol. The van der Waals surface area contributed by atoms with Crippen LogP contribution in [-0.2, 0) is 0 Å². The molecule has 1 unspecified atom stereocenters. The minimum atomic E-state index is -0.0999. The van der Waals surface area contributed by atoms with Gasteiger partial charge in [0.05, 0.1) is 6.04 Å². The van der Waals surface area contributed by atoms with Gasteiger partial charge >= 0.3 is 0 Å². The summed E-state index contributed by atoms with van der Waals surface area (Å²) in [5.41, 5.74) is 8.38. The van der Waals surface area contributed by atoms with Crippen LogP contribution in [0.4, 0.5) is 0 Å². The van der Waals surface area contributed by atoms with Crippen molar-refractivity contribution in [3.8, 4) is 11.5 Å². The molecule has 0 amide bonds. The molecule has 1 aliphatic heterocycles. The summed E-state index contributed by atoms with van der Waals surface area (Å²) >= 11 is 1.66. The van der Waals surface area contributed by atoms with Crippen LogP contribution in [0.5, 0.6) is 11.5 Å². The summed E-state index contributed by atoms with van der Waals surface area (Å²) in [4.78, 5) is 0. The molecular weight excluding hydrogens is 234 g/mol. The Bertz CT molecular complexity index is 510. The first-order valence-corrected chi connectivity index (χ1v) is 6.46. The maximum Gasteiger partial charge on any atom is 0.161 e. The highest BCUT2D eigenvalue weighted by Gasteiger charge is 2.15. The van der Waals surface area contributed by atoms with E-state index in [1.807, 2.05) is 29.6 Å². The van der Waals surface area contributed by atoms with Crippen molar-refractivity contribution in [1.82, 2.24) is 0 Å². The first-order valence-electron chi connectivity index (χ1n) is 5.52. The van der Waals surface area contributed by atoms with Crippen LogP contribution in [0.25, 0.3) is 0 Å². The molecule has 3 nitrogen and oxygen atoms in total. The molecular formula is C13H13NO2S. The molecule has 4 heteroatoms. The molecule has 2 heterocycles. The summed E-state index contributed by atoms with van der Waals surface area (Å²) in [6.07, 6.45) is 0. The molecule has 17 heavy (non-hydrogen) atoms. The van der Waals surface area contributed by atoms with Gasteiger partial charge in [0.1, 0.15) is 13.2 Å². The highest BCUT2D eigenvalue weighted by atomic mass is 32.1. The fourth-order valence-corrected chi connectivity index (χ4v) is 2.59. The van der Waals surface area contributed by atoms with Crippen LogP contribution in [0.1, 0.15) is 17.2 Å². The van der Waals surface area contributed by atoms with Crippen LogP contribution in [0, 0.1) is 0 Å². The Morgan fingerprint density at radius 1 is 1.06 bits per heavy atom. The third-order valence-corrected chi connectivity index (χ3v) is 3.53. The average Bonchev–Trinajstić information content (AvgIpc) is 2.91. The van der Waals surface area contributed by atoms with E-state index in [1.165, 1.54) is 0 Å². The molecule has 0 spiro atoms. The largest absolute Gasteiger partial charge is 0.486 e. The van der Waals surface area contributed by atoms with E-state index < -0.39 is 0 Å². The van der Waals surface area contributed by atoms with Crippen LogP contribution in [0.3, 0.4) is 0 Å². The monoisotopic (exact) mass is 247 g/mol. The lowest BCUT2D eigenvalue weighted by molar-refractivity contribution is 0.171. The van der Waals surface area contributed by atoms with Crippen LogP contribution in [0.2, 0.25) is 0 Å². The summed E-state index contributed by atoms with van der Waals surface area (Å²) in [5.74, 6) is 1.59. The minimum absolute atomic E-state index is 0.0999. The smallest absolute Gasteiger partial charge is 0.161 e. The number of nitrogens with two attached hydrogens (primary N) is 1. The zero-order valence-corrected chi connectivity index (χ0v) is 10.1. The number of hydrogen-bond acceptors (Lipinski definition) is 4. The predicted octanol–water partition coefficient (Wildman–Crippen LogP) is 2.57. The van der Waals surface area contributed by atoms with Crippen LogP contribution < -0.4 is 15.2 Å². The van der Waals surface area contributed by atoms with Gasteiger partial charge in [-0.25, -0.2) is 0 Å². The number of benzene rings is 1. The van der Waals surface area contributed by atoms with Gasteiger partial charge in [-0.2, -0.15) is 11.3 Å². The molecule has 0 bridgehead atoms. The van der Waals surface area contributed by atoms with Crippen molar-refractivity contribution in [3.05, 3.63) is 46.2 Å². The molecule has 1 aliphatic rings. The van der Waals surface area contributed by atoms with E-state index >= 15 is 0 Å². The molecule has 0 saturated heterocycles. The Morgan fingerprint density at radius 2 is 1.88 bits per heavy atom. The third kappa shape index (κ3) is 2.01. The number of hydrogen-bond donors (Lipinski definition) is 1. The summed E-state index contributed by atoms with van der Waals surface area (Å²) in [6.45, 7) is 1.22. The Balaban J connectivity index is 1.93. The second-order valence-electron chi connectivity index (χ2n) is 3.94. The Hall–Kier alpha value is -1.52. The molecule has 2 aromatic rings. The highest BCUT2D eigenvalue weighted by Crippen LogP contribution is 2.33. The summed E-state index contributed by atoms with van der Waals surface area (Å²) in [5, 5.41) is 4.11. The number of rotatable bonds is 2. The normalized spacial score (nSPS) is 15.6. The topological polar surface area (TPSA) is 44.5 Å². The first kappa shape index (κ1) is 10.6.